The minimum atomic E-state index is -0.183. The minimum absolute atomic E-state index is 0.183. The number of nitrogens with one attached hydrogen (secondary N) is 2. The first-order valence-electron chi connectivity index (χ1n) is 9.62. The van der Waals surface area contributed by atoms with E-state index >= 15 is 0 Å². The number of likely N-dealkylation sites (N-methyl/N-ethyl adjacent to an activating group) is 1. The third-order valence-electron chi connectivity index (χ3n) is 5.26. The molecule has 2 aromatic heterocycles. The Hall–Kier alpha value is -2.44. The van der Waals surface area contributed by atoms with Crippen molar-refractivity contribution in [1.29, 1.82) is 0 Å². The number of nitrogens with zero attached hydrogens (tertiary/aromatic N) is 3. The second kappa shape index (κ2) is 8.06. The van der Waals surface area contributed by atoms with Crippen LogP contribution in [0.15, 0.2) is 42.6 Å². The van der Waals surface area contributed by atoms with Crippen LogP contribution in [0.3, 0.4) is 0 Å². The fourth-order valence-electron chi connectivity index (χ4n) is 3.65. The highest BCUT2D eigenvalue weighted by atomic mass is 19.1. The summed E-state index contributed by atoms with van der Waals surface area (Å²) in [4.78, 5) is 12.6. The summed E-state index contributed by atoms with van der Waals surface area (Å²) >= 11 is 0. The summed E-state index contributed by atoms with van der Waals surface area (Å²) in [5, 5.41) is 4.08. The van der Waals surface area contributed by atoms with E-state index in [1.807, 2.05) is 24.4 Å². The summed E-state index contributed by atoms with van der Waals surface area (Å²) in [5.41, 5.74) is 3.03. The molecule has 3 aromatic rings. The van der Waals surface area contributed by atoms with E-state index < -0.39 is 0 Å². The highest BCUT2D eigenvalue weighted by Crippen LogP contribution is 2.19. The van der Waals surface area contributed by atoms with Gasteiger partial charge in [0.1, 0.15) is 11.6 Å². The van der Waals surface area contributed by atoms with E-state index in [-0.39, 0.29) is 5.82 Å². The zero-order chi connectivity index (χ0) is 18.6. The third-order valence-corrected chi connectivity index (χ3v) is 5.26. The van der Waals surface area contributed by atoms with Gasteiger partial charge in [-0.3, -0.25) is 0 Å². The van der Waals surface area contributed by atoms with Crippen LogP contribution in [0.2, 0.25) is 0 Å². The van der Waals surface area contributed by atoms with Gasteiger partial charge in [-0.2, -0.15) is 0 Å². The third kappa shape index (κ3) is 4.12. The second-order valence-electron chi connectivity index (χ2n) is 7.04. The van der Waals surface area contributed by atoms with Crippen molar-refractivity contribution in [3.63, 3.8) is 0 Å². The Morgan fingerprint density at radius 2 is 1.96 bits per heavy atom. The zero-order valence-electron chi connectivity index (χ0n) is 15.7. The van der Waals surface area contributed by atoms with Crippen molar-refractivity contribution in [3.8, 4) is 0 Å². The lowest BCUT2D eigenvalue weighted by Crippen LogP contribution is -2.46. The van der Waals surface area contributed by atoms with Gasteiger partial charge < -0.3 is 20.1 Å². The molecule has 0 radical (unpaired) electrons. The predicted octanol–water partition coefficient (Wildman–Crippen LogP) is 3.13. The van der Waals surface area contributed by atoms with E-state index in [0.717, 1.165) is 56.3 Å². The number of aromatic amines is 1. The predicted molar refractivity (Wildman–Crippen MR) is 107 cm³/mol. The maximum absolute atomic E-state index is 13.8. The SMILES string of the molecule is CCN1CCN(c2cc(CNCc3cc4c(F)cccc4[nH]3)ccn2)CC1. The summed E-state index contributed by atoms with van der Waals surface area (Å²) in [5.74, 6) is 0.870. The summed E-state index contributed by atoms with van der Waals surface area (Å²) in [6.45, 7) is 8.99. The van der Waals surface area contributed by atoms with Gasteiger partial charge in [0, 0.05) is 62.1 Å². The molecule has 1 aromatic carbocycles. The Kier molecular flexibility index (Phi) is 5.36. The molecule has 0 atom stereocenters. The fraction of sp³-hybridized carbons (Fsp3) is 0.381. The van der Waals surface area contributed by atoms with Crippen molar-refractivity contribution < 1.29 is 4.39 Å². The van der Waals surface area contributed by atoms with E-state index in [0.29, 0.717) is 11.9 Å². The topological polar surface area (TPSA) is 47.2 Å². The molecular formula is C21H26FN5. The standard InChI is InChI=1S/C21H26FN5/c1-2-26-8-10-27(11-9-26)21-12-16(6-7-24-21)14-23-15-17-13-18-19(22)4-3-5-20(18)25-17/h3-7,12-13,23,25H,2,8-11,14-15H2,1H3. The number of rotatable bonds is 6. The first-order chi connectivity index (χ1) is 13.2. The second-order valence-corrected chi connectivity index (χ2v) is 7.04. The molecule has 5 nitrogen and oxygen atoms in total. The maximum atomic E-state index is 13.8. The number of anilines is 1. The van der Waals surface area contributed by atoms with Crippen molar-refractivity contribution in [3.05, 3.63) is 59.7 Å². The van der Waals surface area contributed by atoms with Gasteiger partial charge in [0.15, 0.2) is 0 Å². The molecule has 1 aliphatic rings. The minimum Gasteiger partial charge on any atom is -0.357 e. The van der Waals surface area contributed by atoms with Crippen LogP contribution in [-0.2, 0) is 13.1 Å². The molecule has 0 saturated carbocycles. The normalized spacial score (nSPS) is 15.6. The Balaban J connectivity index is 1.35. The lowest BCUT2D eigenvalue weighted by molar-refractivity contribution is 0.270. The van der Waals surface area contributed by atoms with Crippen molar-refractivity contribution in [1.82, 2.24) is 20.2 Å². The van der Waals surface area contributed by atoms with Gasteiger partial charge in [-0.1, -0.05) is 13.0 Å². The van der Waals surface area contributed by atoms with Gasteiger partial charge in [0.2, 0.25) is 0 Å². The van der Waals surface area contributed by atoms with Crippen LogP contribution in [0.25, 0.3) is 10.9 Å². The molecule has 1 fully saturated rings. The van der Waals surface area contributed by atoms with Crippen molar-refractivity contribution in [2.75, 3.05) is 37.6 Å². The van der Waals surface area contributed by atoms with E-state index in [4.69, 9.17) is 0 Å². The van der Waals surface area contributed by atoms with Crippen LogP contribution in [0.1, 0.15) is 18.2 Å². The molecule has 1 aliphatic heterocycles. The average molecular weight is 367 g/mol. The number of fused-ring (bicyclic) bond motifs is 1. The number of hydrogen-bond acceptors (Lipinski definition) is 4. The number of benzene rings is 1. The number of hydrogen-bond donors (Lipinski definition) is 2. The van der Waals surface area contributed by atoms with Gasteiger partial charge >= 0.3 is 0 Å². The van der Waals surface area contributed by atoms with Crippen molar-refractivity contribution >= 4 is 16.7 Å². The molecule has 6 heteroatoms. The monoisotopic (exact) mass is 367 g/mol. The molecule has 0 amide bonds. The molecule has 142 valence electrons. The average Bonchev–Trinajstić information content (AvgIpc) is 3.13. The van der Waals surface area contributed by atoms with E-state index in [9.17, 15) is 4.39 Å². The number of piperazine rings is 1. The smallest absolute Gasteiger partial charge is 0.132 e. The van der Waals surface area contributed by atoms with Gasteiger partial charge in [-0.25, -0.2) is 9.37 Å². The Bertz CT molecular complexity index is 898. The van der Waals surface area contributed by atoms with E-state index in [1.165, 1.54) is 11.6 Å². The van der Waals surface area contributed by atoms with Crippen molar-refractivity contribution in [2.45, 2.75) is 20.0 Å². The quantitative estimate of drug-likeness (QED) is 0.703. The molecule has 1 saturated heterocycles. The number of pyridine rings is 1. The largest absolute Gasteiger partial charge is 0.357 e. The molecule has 0 unspecified atom stereocenters. The van der Waals surface area contributed by atoms with Gasteiger partial charge in [-0.15, -0.1) is 0 Å². The molecule has 0 bridgehead atoms. The van der Waals surface area contributed by atoms with Crippen LogP contribution >= 0.6 is 0 Å². The first kappa shape index (κ1) is 17.9. The summed E-state index contributed by atoms with van der Waals surface area (Å²) in [6.07, 6.45) is 1.89. The van der Waals surface area contributed by atoms with Crippen molar-refractivity contribution in [2.24, 2.45) is 0 Å². The number of H-pyrrole nitrogens is 1. The van der Waals surface area contributed by atoms with E-state index in [1.54, 1.807) is 6.07 Å². The molecule has 0 aliphatic carbocycles. The highest BCUT2D eigenvalue weighted by molar-refractivity contribution is 5.80. The number of halogens is 1. The summed E-state index contributed by atoms with van der Waals surface area (Å²) in [7, 11) is 0. The van der Waals surface area contributed by atoms with Crippen LogP contribution < -0.4 is 10.2 Å². The van der Waals surface area contributed by atoms with Crippen LogP contribution in [0, 0.1) is 5.82 Å². The lowest BCUT2D eigenvalue weighted by atomic mass is 10.2. The summed E-state index contributed by atoms with van der Waals surface area (Å²) in [6, 6.07) is 11.2. The molecule has 2 N–H and O–H groups in total. The molecule has 0 spiro atoms. The highest BCUT2D eigenvalue weighted by Gasteiger charge is 2.16. The molecule has 3 heterocycles. The van der Waals surface area contributed by atoms with Gasteiger partial charge in [-0.05, 0) is 42.4 Å². The zero-order valence-corrected chi connectivity index (χ0v) is 15.7. The Morgan fingerprint density at radius 1 is 1.11 bits per heavy atom. The fourth-order valence-corrected chi connectivity index (χ4v) is 3.65. The molecular weight excluding hydrogens is 341 g/mol. The molecule has 27 heavy (non-hydrogen) atoms. The Morgan fingerprint density at radius 3 is 2.74 bits per heavy atom. The molecule has 4 rings (SSSR count). The summed E-state index contributed by atoms with van der Waals surface area (Å²) < 4.78 is 13.8. The van der Waals surface area contributed by atoms with E-state index in [2.05, 4.69) is 38.1 Å². The van der Waals surface area contributed by atoms with Crippen LogP contribution in [-0.4, -0.2) is 47.6 Å². The van der Waals surface area contributed by atoms with Crippen LogP contribution in [0.4, 0.5) is 10.2 Å². The number of aromatic nitrogens is 2. The van der Waals surface area contributed by atoms with Gasteiger partial charge in [0.25, 0.3) is 0 Å². The van der Waals surface area contributed by atoms with Gasteiger partial charge in [0.05, 0.1) is 0 Å². The lowest BCUT2D eigenvalue weighted by Gasteiger charge is -2.34. The Labute approximate surface area is 159 Å². The maximum Gasteiger partial charge on any atom is 0.132 e. The van der Waals surface area contributed by atoms with Crippen LogP contribution in [0.5, 0.6) is 0 Å². The first-order valence-corrected chi connectivity index (χ1v) is 9.62.